The van der Waals surface area contributed by atoms with Crippen LogP contribution >= 0.6 is 0 Å². The molecule has 0 N–H and O–H groups in total. The van der Waals surface area contributed by atoms with Crippen LogP contribution in [0.1, 0.15) is 52.5 Å². The van der Waals surface area contributed by atoms with Crippen LogP contribution in [-0.4, -0.2) is 21.6 Å². The molecule has 1 unspecified atom stereocenters. The summed E-state index contributed by atoms with van der Waals surface area (Å²) in [4.78, 5) is 0. The summed E-state index contributed by atoms with van der Waals surface area (Å²) >= 11 is -1.33. The van der Waals surface area contributed by atoms with Crippen molar-refractivity contribution in [3.05, 3.63) is 29.6 Å². The molecule has 0 aromatic heterocycles. The molecule has 1 aromatic carbocycles. The third-order valence-electron chi connectivity index (χ3n) is 3.57. The van der Waals surface area contributed by atoms with Crippen molar-refractivity contribution in [3.63, 3.8) is 0 Å². The van der Waals surface area contributed by atoms with E-state index in [1.165, 1.54) is 18.9 Å². The number of nitrogens with zero attached hydrogens (tertiary/aromatic N) is 1. The molecule has 0 heterocycles. The van der Waals surface area contributed by atoms with Gasteiger partial charge in [-0.1, -0.05) is 17.2 Å². The van der Waals surface area contributed by atoms with Gasteiger partial charge in [0.1, 0.15) is 16.1 Å². The second kappa shape index (κ2) is 7.01. The molecule has 0 radical (unpaired) electrons. The van der Waals surface area contributed by atoms with E-state index in [0.717, 1.165) is 17.9 Å². The predicted molar refractivity (Wildman–Crippen MR) is 89.3 cm³/mol. The number of benzene rings is 1. The molecular weight excluding hydrogens is 301 g/mol. The van der Waals surface area contributed by atoms with E-state index in [4.69, 9.17) is 4.74 Å². The summed E-state index contributed by atoms with van der Waals surface area (Å²) in [6.45, 7) is 7.94. The molecule has 0 saturated heterocycles. The van der Waals surface area contributed by atoms with Crippen molar-refractivity contribution >= 4 is 17.1 Å². The third-order valence-corrected chi connectivity index (χ3v) is 5.06. The van der Waals surface area contributed by atoms with Gasteiger partial charge in [-0.2, -0.15) is 0 Å². The molecule has 1 aliphatic carbocycles. The van der Waals surface area contributed by atoms with Crippen LogP contribution in [0.25, 0.3) is 0 Å². The summed E-state index contributed by atoms with van der Waals surface area (Å²) in [5.41, 5.74) is 1.36. The maximum Gasteiger partial charge on any atom is 0.165 e. The smallest absolute Gasteiger partial charge is 0.165 e. The lowest BCUT2D eigenvalue weighted by atomic mass is 10.1. The Bertz CT molecular complexity index is 550. The minimum atomic E-state index is -1.33. The first-order chi connectivity index (χ1) is 10.3. The zero-order valence-electron chi connectivity index (χ0n) is 13.7. The van der Waals surface area contributed by atoms with Gasteiger partial charge in [0, 0.05) is 5.56 Å². The molecule has 122 valence electrons. The first kappa shape index (κ1) is 17.3. The van der Waals surface area contributed by atoms with E-state index in [0.29, 0.717) is 12.3 Å². The minimum absolute atomic E-state index is 0.245. The Morgan fingerprint density at radius 1 is 1.41 bits per heavy atom. The molecule has 0 amide bonds. The van der Waals surface area contributed by atoms with Crippen LogP contribution in [0.2, 0.25) is 0 Å². The first-order valence-corrected chi connectivity index (χ1v) is 8.78. The maximum atomic E-state index is 13.8. The lowest BCUT2D eigenvalue weighted by Crippen LogP contribution is -2.26. The monoisotopic (exact) mass is 325 g/mol. The Morgan fingerprint density at radius 2 is 2.09 bits per heavy atom. The van der Waals surface area contributed by atoms with Gasteiger partial charge in [0.2, 0.25) is 0 Å². The second-order valence-electron chi connectivity index (χ2n) is 6.76. The maximum absolute atomic E-state index is 13.8. The lowest BCUT2D eigenvalue weighted by Gasteiger charge is -2.19. The van der Waals surface area contributed by atoms with Gasteiger partial charge < -0.3 is 9.29 Å². The van der Waals surface area contributed by atoms with Crippen LogP contribution in [-0.2, 0) is 11.4 Å². The highest BCUT2D eigenvalue weighted by atomic mass is 32.2. The van der Waals surface area contributed by atoms with Gasteiger partial charge >= 0.3 is 0 Å². The van der Waals surface area contributed by atoms with Gasteiger partial charge in [0.15, 0.2) is 11.6 Å². The molecule has 2 rings (SSSR count). The molecule has 1 aromatic rings. The number of rotatable bonds is 6. The van der Waals surface area contributed by atoms with Crippen molar-refractivity contribution in [2.75, 3.05) is 6.61 Å². The normalized spacial score (nSPS) is 17.5. The predicted octanol–water partition coefficient (Wildman–Crippen LogP) is 4.28. The lowest BCUT2D eigenvalue weighted by molar-refractivity contribution is 0.288. The van der Waals surface area contributed by atoms with Gasteiger partial charge in [-0.3, -0.25) is 0 Å². The van der Waals surface area contributed by atoms with E-state index in [1.54, 1.807) is 19.1 Å². The topological polar surface area (TPSA) is 44.7 Å². The molecule has 1 fully saturated rings. The molecule has 22 heavy (non-hydrogen) atoms. The van der Waals surface area contributed by atoms with Crippen LogP contribution in [0, 0.1) is 11.7 Å². The van der Waals surface area contributed by atoms with Crippen molar-refractivity contribution < 1.29 is 13.7 Å². The van der Waals surface area contributed by atoms with Crippen molar-refractivity contribution in [3.8, 4) is 5.75 Å². The van der Waals surface area contributed by atoms with E-state index < -0.39 is 16.1 Å². The quantitative estimate of drug-likeness (QED) is 0.579. The zero-order chi connectivity index (χ0) is 16.3. The average Bonchev–Trinajstić information content (AvgIpc) is 3.23. The fourth-order valence-electron chi connectivity index (χ4n) is 1.90. The molecule has 0 spiro atoms. The van der Waals surface area contributed by atoms with Crippen LogP contribution in [0.15, 0.2) is 22.6 Å². The van der Waals surface area contributed by atoms with Gasteiger partial charge in [-0.15, -0.1) is 0 Å². The van der Waals surface area contributed by atoms with Gasteiger partial charge in [-0.05, 0) is 58.2 Å². The Hall–Kier alpha value is -1.07. The summed E-state index contributed by atoms with van der Waals surface area (Å²) in [5.74, 6) is 0.627. The molecule has 1 aliphatic rings. The van der Waals surface area contributed by atoms with E-state index in [1.807, 2.05) is 20.8 Å². The van der Waals surface area contributed by atoms with Crippen LogP contribution in [0.3, 0.4) is 0 Å². The van der Waals surface area contributed by atoms with E-state index in [9.17, 15) is 8.94 Å². The molecule has 0 bridgehead atoms. The number of hydrogen-bond acceptors (Lipinski definition) is 3. The largest absolute Gasteiger partial charge is 0.591 e. The molecule has 5 heteroatoms. The number of ether oxygens (including phenoxy) is 1. The van der Waals surface area contributed by atoms with Crippen molar-refractivity contribution in [2.45, 2.75) is 51.7 Å². The molecular formula is C17H24FNO2S. The fourth-order valence-corrected chi connectivity index (χ4v) is 2.52. The standard InChI is InChI=1S/C17H24FNO2S/c1-12(19-22(20)17(2,3)4)14-7-8-15(18)16(11-14)21-10-9-13-5-6-13/h7-8,11,13H,5-6,9-10H2,1-4H3. The van der Waals surface area contributed by atoms with Crippen LogP contribution in [0.5, 0.6) is 5.75 Å². The summed E-state index contributed by atoms with van der Waals surface area (Å²) < 4.78 is 35.2. The Labute approximate surface area is 135 Å². The van der Waals surface area contributed by atoms with Crippen molar-refractivity contribution in [1.82, 2.24) is 0 Å². The highest BCUT2D eigenvalue weighted by Gasteiger charge is 2.27. The minimum Gasteiger partial charge on any atom is -0.591 e. The number of halogens is 1. The summed E-state index contributed by atoms with van der Waals surface area (Å²) in [7, 11) is 0. The van der Waals surface area contributed by atoms with Gasteiger partial charge in [0.05, 0.1) is 12.3 Å². The van der Waals surface area contributed by atoms with Crippen LogP contribution < -0.4 is 4.74 Å². The molecule has 3 nitrogen and oxygen atoms in total. The van der Waals surface area contributed by atoms with Crippen LogP contribution in [0.4, 0.5) is 4.39 Å². The molecule has 1 saturated carbocycles. The van der Waals surface area contributed by atoms with Gasteiger partial charge in [-0.25, -0.2) is 4.39 Å². The second-order valence-corrected chi connectivity index (χ2v) is 8.67. The number of hydrogen-bond donors (Lipinski definition) is 0. The summed E-state index contributed by atoms with van der Waals surface area (Å²) in [5, 5.41) is 0. The van der Waals surface area contributed by atoms with E-state index in [-0.39, 0.29) is 11.6 Å². The zero-order valence-corrected chi connectivity index (χ0v) is 14.5. The highest BCUT2D eigenvalue weighted by molar-refractivity contribution is 7.91. The van der Waals surface area contributed by atoms with Gasteiger partial charge in [0.25, 0.3) is 0 Å². The summed E-state index contributed by atoms with van der Waals surface area (Å²) in [6.07, 6.45) is 3.50. The average molecular weight is 325 g/mol. The Kier molecular flexibility index (Phi) is 5.50. The SMILES string of the molecule is CC(=N[S+]([O-])C(C)(C)C)c1ccc(F)c(OCCC2CC2)c1. The van der Waals surface area contributed by atoms with Crippen molar-refractivity contribution in [2.24, 2.45) is 10.3 Å². The Balaban J connectivity index is 2.08. The summed E-state index contributed by atoms with van der Waals surface area (Å²) in [6, 6.07) is 4.66. The third kappa shape index (κ3) is 4.99. The van der Waals surface area contributed by atoms with E-state index in [2.05, 4.69) is 4.40 Å². The van der Waals surface area contributed by atoms with Crippen molar-refractivity contribution in [1.29, 1.82) is 0 Å². The first-order valence-electron chi connectivity index (χ1n) is 7.67. The Morgan fingerprint density at radius 3 is 2.68 bits per heavy atom. The fraction of sp³-hybridized carbons (Fsp3) is 0.588. The van der Waals surface area contributed by atoms with E-state index >= 15 is 0 Å². The molecule has 0 aliphatic heterocycles. The molecule has 1 atom stereocenters. The highest BCUT2D eigenvalue weighted by Crippen LogP contribution is 2.32.